The molecule has 0 bridgehead atoms. The van der Waals surface area contributed by atoms with Crippen LogP contribution in [0.15, 0.2) is 48.7 Å². The van der Waals surface area contributed by atoms with Gasteiger partial charge in [0.25, 0.3) is 0 Å². The van der Waals surface area contributed by atoms with Gasteiger partial charge in [-0.3, -0.25) is 10.00 Å². The van der Waals surface area contributed by atoms with Crippen LogP contribution in [0.4, 0.5) is 5.95 Å². The van der Waals surface area contributed by atoms with Gasteiger partial charge in [0.1, 0.15) is 0 Å². The van der Waals surface area contributed by atoms with E-state index in [1.807, 2.05) is 18.3 Å². The maximum atomic E-state index is 4.51. The fraction of sp³-hybridized carbons (Fsp3) is 0.333. The summed E-state index contributed by atoms with van der Waals surface area (Å²) >= 11 is 0. The third kappa shape index (κ3) is 3.49. The highest BCUT2D eigenvalue weighted by molar-refractivity contribution is 5.50. The maximum absolute atomic E-state index is 4.51. The van der Waals surface area contributed by atoms with Crippen LogP contribution in [0.3, 0.4) is 0 Å². The molecule has 0 unspecified atom stereocenters. The van der Waals surface area contributed by atoms with Crippen LogP contribution < -0.4 is 5.32 Å². The number of hydrogen-bond donors (Lipinski definition) is 3. The van der Waals surface area contributed by atoms with Gasteiger partial charge in [-0.05, 0) is 30.5 Å². The van der Waals surface area contributed by atoms with Gasteiger partial charge in [-0.1, -0.05) is 30.3 Å². The van der Waals surface area contributed by atoms with E-state index in [4.69, 9.17) is 0 Å². The van der Waals surface area contributed by atoms with Crippen molar-refractivity contribution in [1.82, 2.24) is 25.1 Å². The number of anilines is 1. The Hall–Kier alpha value is -2.60. The van der Waals surface area contributed by atoms with Crippen molar-refractivity contribution in [2.24, 2.45) is 0 Å². The molecular formula is C18H22N6. The number of rotatable bonds is 5. The molecular weight excluding hydrogens is 300 g/mol. The first-order chi connectivity index (χ1) is 11.9. The molecule has 0 saturated carbocycles. The monoisotopic (exact) mass is 322 g/mol. The Morgan fingerprint density at radius 3 is 2.67 bits per heavy atom. The Morgan fingerprint density at radius 2 is 1.92 bits per heavy atom. The third-order valence-corrected chi connectivity index (χ3v) is 4.51. The zero-order valence-electron chi connectivity index (χ0n) is 13.6. The number of hydrogen-bond acceptors (Lipinski definition) is 4. The summed E-state index contributed by atoms with van der Waals surface area (Å²) in [6, 6.07) is 15.0. The molecule has 6 nitrogen and oxygen atoms in total. The standard InChI is InChI=1S/C18H22N6/c1-2-5-14(6-3-1)13-24-11-8-15(9-12-24)20-18-21-17(22-23-18)16-7-4-10-19-16/h1-7,10,15,19H,8-9,11-13H2,(H2,20,21,22,23). The van der Waals surface area contributed by atoms with Crippen molar-refractivity contribution in [3.8, 4) is 11.5 Å². The van der Waals surface area contributed by atoms with E-state index >= 15 is 0 Å². The summed E-state index contributed by atoms with van der Waals surface area (Å²) in [5.41, 5.74) is 2.33. The molecule has 1 aromatic carbocycles. The van der Waals surface area contributed by atoms with Gasteiger partial charge in [0, 0.05) is 31.9 Å². The predicted molar refractivity (Wildman–Crippen MR) is 94.5 cm³/mol. The van der Waals surface area contributed by atoms with Gasteiger partial charge in [0.15, 0.2) is 5.82 Å². The number of piperidine rings is 1. The molecule has 1 aliphatic rings. The molecule has 3 N–H and O–H groups in total. The number of likely N-dealkylation sites (tertiary alicyclic amines) is 1. The van der Waals surface area contributed by atoms with Crippen LogP contribution in [0.2, 0.25) is 0 Å². The molecule has 3 heterocycles. The van der Waals surface area contributed by atoms with Crippen molar-refractivity contribution in [3.63, 3.8) is 0 Å². The molecule has 124 valence electrons. The Kier molecular flexibility index (Phi) is 4.29. The highest BCUT2D eigenvalue weighted by atomic mass is 15.3. The molecule has 0 radical (unpaired) electrons. The lowest BCUT2D eigenvalue weighted by molar-refractivity contribution is 0.211. The average Bonchev–Trinajstić information content (AvgIpc) is 3.29. The normalized spacial score (nSPS) is 16.3. The topological polar surface area (TPSA) is 72.6 Å². The predicted octanol–water partition coefficient (Wildman–Crippen LogP) is 2.88. The minimum Gasteiger partial charge on any atom is -0.359 e. The van der Waals surface area contributed by atoms with E-state index in [-0.39, 0.29) is 0 Å². The van der Waals surface area contributed by atoms with Crippen molar-refractivity contribution >= 4 is 5.95 Å². The van der Waals surface area contributed by atoms with Crippen LogP contribution >= 0.6 is 0 Å². The van der Waals surface area contributed by atoms with Crippen LogP contribution in [0.1, 0.15) is 18.4 Å². The van der Waals surface area contributed by atoms with Gasteiger partial charge in [-0.2, -0.15) is 4.98 Å². The van der Waals surface area contributed by atoms with Crippen LogP contribution in [-0.4, -0.2) is 44.2 Å². The molecule has 4 rings (SSSR count). The minimum atomic E-state index is 0.435. The average molecular weight is 322 g/mol. The lowest BCUT2D eigenvalue weighted by Crippen LogP contribution is -2.38. The number of aromatic amines is 2. The number of nitrogens with zero attached hydrogens (tertiary/aromatic N) is 3. The largest absolute Gasteiger partial charge is 0.359 e. The Balaban J connectivity index is 1.29. The second-order valence-corrected chi connectivity index (χ2v) is 6.27. The summed E-state index contributed by atoms with van der Waals surface area (Å²) in [5, 5.41) is 10.7. The zero-order valence-corrected chi connectivity index (χ0v) is 13.6. The van der Waals surface area contributed by atoms with Crippen LogP contribution in [0.25, 0.3) is 11.5 Å². The fourth-order valence-electron chi connectivity index (χ4n) is 3.18. The molecule has 3 aromatic rings. The molecule has 1 saturated heterocycles. The van der Waals surface area contributed by atoms with E-state index in [1.165, 1.54) is 5.56 Å². The molecule has 1 fully saturated rings. The van der Waals surface area contributed by atoms with Crippen molar-refractivity contribution in [2.45, 2.75) is 25.4 Å². The maximum Gasteiger partial charge on any atom is 0.242 e. The van der Waals surface area contributed by atoms with Crippen LogP contribution in [0.5, 0.6) is 0 Å². The van der Waals surface area contributed by atoms with E-state index in [9.17, 15) is 0 Å². The highest BCUT2D eigenvalue weighted by Gasteiger charge is 2.20. The van der Waals surface area contributed by atoms with Crippen LogP contribution in [0, 0.1) is 0 Å². The molecule has 6 heteroatoms. The molecule has 1 aliphatic heterocycles. The number of H-pyrrole nitrogens is 2. The van der Waals surface area contributed by atoms with Crippen molar-refractivity contribution in [1.29, 1.82) is 0 Å². The summed E-state index contributed by atoms with van der Waals surface area (Å²) in [6.45, 7) is 3.23. The van der Waals surface area contributed by atoms with Gasteiger partial charge in [0.05, 0.1) is 5.69 Å². The molecule has 0 aliphatic carbocycles. The first-order valence-corrected chi connectivity index (χ1v) is 8.46. The van der Waals surface area contributed by atoms with Crippen molar-refractivity contribution in [2.75, 3.05) is 18.4 Å². The van der Waals surface area contributed by atoms with Gasteiger partial charge in [-0.15, -0.1) is 5.10 Å². The first-order valence-electron chi connectivity index (χ1n) is 8.46. The minimum absolute atomic E-state index is 0.435. The van der Waals surface area contributed by atoms with Gasteiger partial charge >= 0.3 is 0 Å². The molecule has 0 atom stereocenters. The smallest absolute Gasteiger partial charge is 0.242 e. The zero-order chi connectivity index (χ0) is 16.2. The Bertz CT molecular complexity index is 741. The summed E-state index contributed by atoms with van der Waals surface area (Å²) in [7, 11) is 0. The number of aromatic nitrogens is 4. The van der Waals surface area contributed by atoms with E-state index < -0.39 is 0 Å². The Morgan fingerprint density at radius 1 is 1.08 bits per heavy atom. The van der Waals surface area contributed by atoms with E-state index in [0.29, 0.717) is 12.0 Å². The fourth-order valence-corrected chi connectivity index (χ4v) is 3.18. The van der Waals surface area contributed by atoms with Crippen LogP contribution in [-0.2, 0) is 6.54 Å². The first kappa shape index (κ1) is 15.0. The third-order valence-electron chi connectivity index (χ3n) is 4.51. The van der Waals surface area contributed by atoms with Crippen molar-refractivity contribution < 1.29 is 0 Å². The van der Waals surface area contributed by atoms with Gasteiger partial charge < -0.3 is 10.3 Å². The Labute approximate surface area is 141 Å². The number of benzene rings is 1. The SMILES string of the molecule is c1ccc(CN2CCC(Nc3n[nH]c(-c4ccc[nH]4)n3)CC2)cc1. The molecule has 0 amide bonds. The molecule has 2 aromatic heterocycles. The summed E-state index contributed by atoms with van der Waals surface area (Å²) in [5.74, 6) is 1.45. The highest BCUT2D eigenvalue weighted by Crippen LogP contribution is 2.18. The summed E-state index contributed by atoms with van der Waals surface area (Å²) in [4.78, 5) is 10.2. The molecule has 24 heavy (non-hydrogen) atoms. The van der Waals surface area contributed by atoms with E-state index in [2.05, 4.69) is 60.7 Å². The second kappa shape index (κ2) is 6.88. The summed E-state index contributed by atoms with van der Waals surface area (Å²) in [6.07, 6.45) is 4.10. The van der Waals surface area contributed by atoms with Gasteiger partial charge in [-0.25, -0.2) is 0 Å². The lowest BCUT2D eigenvalue weighted by atomic mass is 10.0. The van der Waals surface area contributed by atoms with E-state index in [1.54, 1.807) is 0 Å². The summed E-state index contributed by atoms with van der Waals surface area (Å²) < 4.78 is 0. The van der Waals surface area contributed by atoms with E-state index in [0.717, 1.165) is 44.0 Å². The quantitative estimate of drug-likeness (QED) is 0.675. The van der Waals surface area contributed by atoms with Crippen molar-refractivity contribution in [3.05, 3.63) is 54.2 Å². The second-order valence-electron chi connectivity index (χ2n) is 6.27. The lowest BCUT2D eigenvalue weighted by Gasteiger charge is -2.32. The van der Waals surface area contributed by atoms with Gasteiger partial charge in [0.2, 0.25) is 5.95 Å². The molecule has 0 spiro atoms. The number of nitrogens with one attached hydrogen (secondary N) is 3.